The van der Waals surface area contributed by atoms with Crippen molar-refractivity contribution in [1.82, 2.24) is 14.9 Å². The van der Waals surface area contributed by atoms with Crippen LogP contribution in [0.1, 0.15) is 23.7 Å². The fourth-order valence-electron chi connectivity index (χ4n) is 3.11. The number of benzene rings is 1. The van der Waals surface area contributed by atoms with Gasteiger partial charge >= 0.3 is 0 Å². The maximum absolute atomic E-state index is 12.8. The van der Waals surface area contributed by atoms with Crippen LogP contribution in [0, 0.1) is 20.8 Å². The minimum Gasteiger partial charge on any atom is -0.353 e. The third kappa shape index (κ3) is 4.18. The number of nitrogens with zero attached hydrogens (tertiary/aromatic N) is 4. The van der Waals surface area contributed by atoms with Gasteiger partial charge in [-0.05, 0) is 39.8 Å². The van der Waals surface area contributed by atoms with Crippen LogP contribution in [0.25, 0.3) is 0 Å². The summed E-state index contributed by atoms with van der Waals surface area (Å²) in [7, 11) is 0. The number of rotatable bonds is 4. The van der Waals surface area contributed by atoms with Gasteiger partial charge in [0.2, 0.25) is 5.91 Å². The molecule has 2 heterocycles. The smallest absolute Gasteiger partial charge is 0.235 e. The first-order valence-corrected chi connectivity index (χ1v) is 9.89. The Labute approximate surface area is 159 Å². The lowest BCUT2D eigenvalue weighted by molar-refractivity contribution is -0.130. The van der Waals surface area contributed by atoms with Crippen LogP contribution in [-0.4, -0.2) is 52.2 Å². The van der Waals surface area contributed by atoms with E-state index in [1.165, 1.54) is 5.56 Å². The van der Waals surface area contributed by atoms with E-state index in [1.807, 2.05) is 18.7 Å². The number of hydrogen-bond donors (Lipinski definition) is 0. The van der Waals surface area contributed by atoms with E-state index in [4.69, 9.17) is 0 Å². The molecule has 2 aromatic rings. The first-order chi connectivity index (χ1) is 12.5. The van der Waals surface area contributed by atoms with Crippen molar-refractivity contribution in [1.29, 1.82) is 0 Å². The minimum atomic E-state index is -0.0766. The van der Waals surface area contributed by atoms with Gasteiger partial charge in [-0.1, -0.05) is 17.7 Å². The molecule has 6 heteroatoms. The highest BCUT2D eigenvalue weighted by Gasteiger charge is 2.26. The van der Waals surface area contributed by atoms with Crippen LogP contribution in [-0.2, 0) is 4.79 Å². The molecule has 0 spiro atoms. The number of thioether (sulfide) groups is 1. The molecule has 0 radical (unpaired) electrons. The highest BCUT2D eigenvalue weighted by Crippen LogP contribution is 2.26. The molecule has 0 aliphatic carbocycles. The summed E-state index contributed by atoms with van der Waals surface area (Å²) in [5.41, 5.74) is 3.37. The van der Waals surface area contributed by atoms with Gasteiger partial charge in [0.25, 0.3) is 0 Å². The summed E-state index contributed by atoms with van der Waals surface area (Å²) < 4.78 is 0. The van der Waals surface area contributed by atoms with E-state index in [0.717, 1.165) is 48.1 Å². The first kappa shape index (κ1) is 18.7. The monoisotopic (exact) mass is 370 g/mol. The van der Waals surface area contributed by atoms with Crippen LogP contribution in [0.15, 0.2) is 35.5 Å². The van der Waals surface area contributed by atoms with Crippen molar-refractivity contribution in [3.05, 3.63) is 47.4 Å². The molecule has 1 aromatic carbocycles. The van der Waals surface area contributed by atoms with Gasteiger partial charge in [0.15, 0.2) is 0 Å². The fourth-order valence-corrected chi connectivity index (χ4v) is 4.06. The lowest BCUT2D eigenvalue weighted by Gasteiger charge is -2.37. The molecule has 0 unspecified atom stereocenters. The normalized spacial score (nSPS) is 15.8. The molecule has 1 aromatic heterocycles. The van der Waals surface area contributed by atoms with E-state index in [-0.39, 0.29) is 11.2 Å². The molecule has 3 rings (SSSR count). The second-order valence-electron chi connectivity index (χ2n) is 6.79. The quantitative estimate of drug-likeness (QED) is 0.774. The van der Waals surface area contributed by atoms with Crippen LogP contribution in [0.5, 0.6) is 0 Å². The average Bonchev–Trinajstić information content (AvgIpc) is 2.65. The predicted molar refractivity (Wildman–Crippen MR) is 107 cm³/mol. The van der Waals surface area contributed by atoms with Gasteiger partial charge < -0.3 is 9.80 Å². The van der Waals surface area contributed by atoms with Gasteiger partial charge in [0.1, 0.15) is 12.1 Å². The maximum Gasteiger partial charge on any atom is 0.235 e. The van der Waals surface area contributed by atoms with Gasteiger partial charge in [0.05, 0.1) is 5.25 Å². The van der Waals surface area contributed by atoms with E-state index in [9.17, 15) is 4.79 Å². The Bertz CT molecular complexity index is 770. The molecule has 138 valence electrons. The zero-order valence-electron chi connectivity index (χ0n) is 15.9. The van der Waals surface area contributed by atoms with E-state index < -0.39 is 0 Å². The van der Waals surface area contributed by atoms with Crippen molar-refractivity contribution in [3.63, 3.8) is 0 Å². The number of anilines is 1. The Morgan fingerprint density at radius 1 is 1.04 bits per heavy atom. The molecule has 5 nitrogen and oxygen atoms in total. The van der Waals surface area contributed by atoms with E-state index in [1.54, 1.807) is 18.1 Å². The summed E-state index contributed by atoms with van der Waals surface area (Å²) in [6, 6.07) is 8.35. The standard InChI is InChI=1S/C20H26N4OS/c1-14-5-7-18(8-6-14)26-17(4)20(25)24-11-9-23(10-12-24)19-15(2)16(3)21-13-22-19/h5-8,13,17H,9-12H2,1-4H3/t17-/m1/s1. The van der Waals surface area contributed by atoms with E-state index in [0.29, 0.717) is 0 Å². The number of aromatic nitrogens is 2. The number of hydrogen-bond acceptors (Lipinski definition) is 5. The Balaban J connectivity index is 1.57. The van der Waals surface area contributed by atoms with Gasteiger partial charge in [0, 0.05) is 42.3 Å². The topological polar surface area (TPSA) is 49.3 Å². The summed E-state index contributed by atoms with van der Waals surface area (Å²) in [5.74, 6) is 1.21. The summed E-state index contributed by atoms with van der Waals surface area (Å²) in [6.07, 6.45) is 1.62. The Hall–Kier alpha value is -2.08. The van der Waals surface area contributed by atoms with E-state index >= 15 is 0 Å². The molecule has 1 amide bonds. The summed E-state index contributed by atoms with van der Waals surface area (Å²) in [4.78, 5) is 26.8. The van der Waals surface area contributed by atoms with Crippen molar-refractivity contribution in [3.8, 4) is 0 Å². The SMILES string of the molecule is Cc1ccc(S[C@H](C)C(=O)N2CCN(c3ncnc(C)c3C)CC2)cc1. The van der Waals surface area contributed by atoms with Gasteiger partial charge in [-0.25, -0.2) is 9.97 Å². The molecule has 1 atom stereocenters. The zero-order valence-corrected chi connectivity index (χ0v) is 16.7. The van der Waals surface area contributed by atoms with Crippen molar-refractivity contribution >= 4 is 23.5 Å². The van der Waals surface area contributed by atoms with Crippen LogP contribution in [0.2, 0.25) is 0 Å². The maximum atomic E-state index is 12.8. The molecular weight excluding hydrogens is 344 g/mol. The Kier molecular flexibility index (Phi) is 5.81. The van der Waals surface area contributed by atoms with Crippen LogP contribution >= 0.6 is 11.8 Å². The summed E-state index contributed by atoms with van der Waals surface area (Å²) >= 11 is 1.63. The highest BCUT2D eigenvalue weighted by molar-refractivity contribution is 8.00. The molecule has 0 N–H and O–H groups in total. The molecule has 26 heavy (non-hydrogen) atoms. The van der Waals surface area contributed by atoms with Crippen molar-refractivity contribution < 1.29 is 4.79 Å². The van der Waals surface area contributed by atoms with Crippen molar-refractivity contribution in [2.45, 2.75) is 37.8 Å². The van der Waals surface area contributed by atoms with Crippen molar-refractivity contribution in [2.75, 3.05) is 31.1 Å². The Morgan fingerprint density at radius 2 is 1.69 bits per heavy atom. The fraction of sp³-hybridized carbons (Fsp3) is 0.450. The second-order valence-corrected chi connectivity index (χ2v) is 8.21. The van der Waals surface area contributed by atoms with Gasteiger partial charge in [-0.2, -0.15) is 0 Å². The third-order valence-electron chi connectivity index (χ3n) is 4.88. The number of carbonyl (C=O) groups excluding carboxylic acids is 1. The van der Waals surface area contributed by atoms with Crippen LogP contribution in [0.4, 0.5) is 5.82 Å². The van der Waals surface area contributed by atoms with Crippen LogP contribution in [0.3, 0.4) is 0 Å². The second kappa shape index (κ2) is 8.08. The predicted octanol–water partition coefficient (Wildman–Crippen LogP) is 3.23. The number of amides is 1. The molecule has 1 aliphatic heterocycles. The largest absolute Gasteiger partial charge is 0.353 e. The number of carbonyl (C=O) groups is 1. The van der Waals surface area contributed by atoms with Crippen LogP contribution < -0.4 is 4.90 Å². The minimum absolute atomic E-state index is 0.0766. The molecule has 0 saturated carbocycles. The Morgan fingerprint density at radius 3 is 2.35 bits per heavy atom. The molecule has 1 fully saturated rings. The summed E-state index contributed by atoms with van der Waals surface area (Å²) in [6.45, 7) is 11.2. The van der Waals surface area contributed by atoms with Gasteiger partial charge in [-0.3, -0.25) is 4.79 Å². The lowest BCUT2D eigenvalue weighted by atomic mass is 10.2. The zero-order chi connectivity index (χ0) is 18.7. The number of aryl methyl sites for hydroxylation is 2. The van der Waals surface area contributed by atoms with E-state index in [2.05, 4.69) is 53.0 Å². The number of piperazine rings is 1. The third-order valence-corrected chi connectivity index (χ3v) is 5.98. The lowest BCUT2D eigenvalue weighted by Crippen LogP contribution is -2.51. The van der Waals surface area contributed by atoms with Gasteiger partial charge in [-0.15, -0.1) is 11.8 Å². The van der Waals surface area contributed by atoms with Crippen molar-refractivity contribution in [2.24, 2.45) is 0 Å². The summed E-state index contributed by atoms with van der Waals surface area (Å²) in [5, 5.41) is -0.0766. The molecular formula is C20H26N4OS. The molecule has 1 aliphatic rings. The average molecular weight is 371 g/mol. The molecule has 1 saturated heterocycles. The first-order valence-electron chi connectivity index (χ1n) is 9.01. The molecule has 0 bridgehead atoms. The highest BCUT2D eigenvalue weighted by atomic mass is 32.2.